The van der Waals surface area contributed by atoms with Crippen LogP contribution in [0.1, 0.15) is 11.7 Å². The number of halogens is 1. The lowest BCUT2D eigenvalue weighted by Crippen LogP contribution is -2.23. The van der Waals surface area contributed by atoms with E-state index in [0.717, 1.165) is 0 Å². The van der Waals surface area contributed by atoms with Crippen molar-refractivity contribution in [3.8, 4) is 0 Å². The molecule has 13 heavy (non-hydrogen) atoms. The van der Waals surface area contributed by atoms with Crippen LogP contribution in [0.4, 0.5) is 5.69 Å². The monoisotopic (exact) mass is 197 g/mol. The normalized spacial score (nSPS) is 20.7. The van der Waals surface area contributed by atoms with Crippen LogP contribution in [0.25, 0.3) is 0 Å². The first-order valence-electron chi connectivity index (χ1n) is 3.86. The minimum absolute atomic E-state index is 0.308. The van der Waals surface area contributed by atoms with Crippen LogP contribution in [0, 0.1) is 0 Å². The Morgan fingerprint density at radius 1 is 1.54 bits per heavy atom. The number of aliphatic hydroxyl groups excluding tert-OH is 1. The number of amides is 1. The van der Waals surface area contributed by atoms with Gasteiger partial charge in [0.15, 0.2) is 6.10 Å². The fraction of sp³-hybridized carbons (Fsp3) is 0.222. The van der Waals surface area contributed by atoms with E-state index in [-0.39, 0.29) is 5.91 Å². The summed E-state index contributed by atoms with van der Waals surface area (Å²) in [5.74, 6) is -0.308. The molecule has 1 aliphatic rings. The van der Waals surface area contributed by atoms with E-state index in [4.69, 9.17) is 11.6 Å². The Morgan fingerprint density at radius 2 is 2.23 bits per heavy atom. The van der Waals surface area contributed by atoms with Crippen molar-refractivity contribution in [3.63, 3.8) is 0 Å². The van der Waals surface area contributed by atoms with E-state index in [2.05, 4.69) is 0 Å². The zero-order valence-corrected chi connectivity index (χ0v) is 7.75. The standard InChI is InChI=1S/C9H8ClNO2/c1-11-7-4-5(10)2-3-6(7)8(12)9(11)13/h2-4,8,12H,1H3/t8-/m1/s1. The topological polar surface area (TPSA) is 40.5 Å². The number of rotatable bonds is 0. The first-order chi connectivity index (χ1) is 6.11. The molecule has 0 saturated heterocycles. The Hall–Kier alpha value is -1.06. The molecule has 2 rings (SSSR count). The fourth-order valence-electron chi connectivity index (χ4n) is 1.47. The predicted octanol–water partition coefficient (Wildman–Crippen LogP) is 1.35. The summed E-state index contributed by atoms with van der Waals surface area (Å²) in [7, 11) is 1.62. The average Bonchev–Trinajstić information content (AvgIpc) is 2.32. The van der Waals surface area contributed by atoms with Gasteiger partial charge in [0.25, 0.3) is 5.91 Å². The molecule has 1 aromatic rings. The summed E-state index contributed by atoms with van der Waals surface area (Å²) < 4.78 is 0. The molecule has 0 fully saturated rings. The highest BCUT2D eigenvalue weighted by Gasteiger charge is 2.33. The van der Waals surface area contributed by atoms with Gasteiger partial charge < -0.3 is 10.0 Å². The summed E-state index contributed by atoms with van der Waals surface area (Å²) in [6, 6.07) is 5.00. The number of hydrogen-bond donors (Lipinski definition) is 1. The van der Waals surface area contributed by atoms with E-state index < -0.39 is 6.10 Å². The molecule has 1 amide bonds. The molecule has 3 nitrogen and oxygen atoms in total. The number of hydrogen-bond acceptors (Lipinski definition) is 2. The van der Waals surface area contributed by atoms with Gasteiger partial charge in [0.05, 0.1) is 5.69 Å². The molecule has 4 heteroatoms. The maximum absolute atomic E-state index is 11.3. The largest absolute Gasteiger partial charge is 0.378 e. The Balaban J connectivity index is 2.60. The molecular formula is C9H8ClNO2. The molecule has 0 saturated carbocycles. The number of benzene rings is 1. The maximum atomic E-state index is 11.3. The molecule has 0 spiro atoms. The number of fused-ring (bicyclic) bond motifs is 1. The Morgan fingerprint density at radius 3 is 2.92 bits per heavy atom. The van der Waals surface area contributed by atoms with Crippen molar-refractivity contribution in [1.29, 1.82) is 0 Å². The minimum Gasteiger partial charge on any atom is -0.378 e. The van der Waals surface area contributed by atoms with E-state index in [9.17, 15) is 9.90 Å². The van der Waals surface area contributed by atoms with Gasteiger partial charge in [0.2, 0.25) is 0 Å². The molecule has 0 radical (unpaired) electrons. The van der Waals surface area contributed by atoms with Crippen molar-refractivity contribution >= 4 is 23.2 Å². The molecule has 0 aliphatic carbocycles. The molecule has 1 aliphatic heterocycles. The van der Waals surface area contributed by atoms with Crippen LogP contribution in [0.5, 0.6) is 0 Å². The lowest BCUT2D eigenvalue weighted by Gasteiger charge is -2.08. The molecule has 0 unspecified atom stereocenters. The van der Waals surface area contributed by atoms with Crippen LogP contribution in [-0.2, 0) is 4.79 Å². The van der Waals surface area contributed by atoms with E-state index in [0.29, 0.717) is 16.3 Å². The summed E-state index contributed by atoms with van der Waals surface area (Å²) >= 11 is 5.76. The van der Waals surface area contributed by atoms with Crippen molar-refractivity contribution in [2.75, 3.05) is 11.9 Å². The first-order valence-corrected chi connectivity index (χ1v) is 4.24. The third-order valence-corrected chi connectivity index (χ3v) is 2.45. The second-order valence-electron chi connectivity index (χ2n) is 3.00. The van der Waals surface area contributed by atoms with E-state index >= 15 is 0 Å². The SMILES string of the molecule is CN1C(=O)[C@H](O)c2ccc(Cl)cc21. The number of carbonyl (C=O) groups excluding carboxylic acids is 1. The Bertz CT molecular complexity index is 378. The van der Waals surface area contributed by atoms with Gasteiger partial charge in [0, 0.05) is 17.6 Å². The molecule has 1 N–H and O–H groups in total. The average molecular weight is 198 g/mol. The van der Waals surface area contributed by atoms with Gasteiger partial charge in [-0.05, 0) is 12.1 Å². The van der Waals surface area contributed by atoms with Gasteiger partial charge in [-0.3, -0.25) is 4.79 Å². The van der Waals surface area contributed by atoms with Crippen LogP contribution in [0.15, 0.2) is 18.2 Å². The summed E-state index contributed by atoms with van der Waals surface area (Å²) in [6.45, 7) is 0. The molecular weight excluding hydrogens is 190 g/mol. The van der Waals surface area contributed by atoms with Crippen LogP contribution < -0.4 is 4.90 Å². The summed E-state index contributed by atoms with van der Waals surface area (Å²) in [4.78, 5) is 12.7. The highest BCUT2D eigenvalue weighted by molar-refractivity contribution is 6.31. The molecule has 1 heterocycles. The van der Waals surface area contributed by atoms with Crippen LogP contribution in [-0.4, -0.2) is 18.1 Å². The van der Waals surface area contributed by atoms with Crippen molar-refractivity contribution in [2.24, 2.45) is 0 Å². The van der Waals surface area contributed by atoms with Crippen molar-refractivity contribution in [2.45, 2.75) is 6.10 Å². The first kappa shape index (κ1) is 8.53. The number of aliphatic hydroxyl groups is 1. The van der Waals surface area contributed by atoms with Gasteiger partial charge in [-0.25, -0.2) is 0 Å². The third kappa shape index (κ3) is 1.12. The highest BCUT2D eigenvalue weighted by Crippen LogP contribution is 2.36. The van der Waals surface area contributed by atoms with Crippen LogP contribution in [0.2, 0.25) is 5.02 Å². The van der Waals surface area contributed by atoms with Gasteiger partial charge >= 0.3 is 0 Å². The van der Waals surface area contributed by atoms with Gasteiger partial charge in [-0.2, -0.15) is 0 Å². The van der Waals surface area contributed by atoms with E-state index in [1.807, 2.05) is 0 Å². The van der Waals surface area contributed by atoms with Gasteiger partial charge in [-0.1, -0.05) is 17.7 Å². The predicted molar refractivity (Wildman–Crippen MR) is 49.8 cm³/mol. The zero-order chi connectivity index (χ0) is 9.59. The second-order valence-corrected chi connectivity index (χ2v) is 3.44. The van der Waals surface area contributed by atoms with E-state index in [1.165, 1.54) is 4.90 Å². The quantitative estimate of drug-likeness (QED) is 0.682. The lowest BCUT2D eigenvalue weighted by atomic mass is 10.1. The molecule has 1 atom stereocenters. The number of carbonyl (C=O) groups is 1. The van der Waals surface area contributed by atoms with Crippen LogP contribution >= 0.6 is 11.6 Å². The maximum Gasteiger partial charge on any atom is 0.260 e. The summed E-state index contributed by atoms with van der Waals surface area (Å²) in [5, 5.41) is 10.0. The molecule has 68 valence electrons. The van der Waals surface area contributed by atoms with Gasteiger partial charge in [0.1, 0.15) is 0 Å². The molecule has 1 aromatic carbocycles. The van der Waals surface area contributed by atoms with Gasteiger partial charge in [-0.15, -0.1) is 0 Å². The fourth-order valence-corrected chi connectivity index (χ4v) is 1.64. The summed E-state index contributed by atoms with van der Waals surface area (Å²) in [6.07, 6.45) is -1.03. The number of anilines is 1. The summed E-state index contributed by atoms with van der Waals surface area (Å²) in [5.41, 5.74) is 1.31. The Kier molecular flexibility index (Phi) is 1.78. The third-order valence-electron chi connectivity index (χ3n) is 2.21. The Labute approximate surface area is 80.5 Å². The second kappa shape index (κ2) is 2.72. The zero-order valence-electron chi connectivity index (χ0n) is 6.99. The smallest absolute Gasteiger partial charge is 0.260 e. The lowest BCUT2D eigenvalue weighted by molar-refractivity contribution is -0.125. The van der Waals surface area contributed by atoms with E-state index in [1.54, 1.807) is 25.2 Å². The molecule has 0 bridgehead atoms. The van der Waals surface area contributed by atoms with Crippen LogP contribution in [0.3, 0.4) is 0 Å². The van der Waals surface area contributed by atoms with Crippen molar-refractivity contribution in [1.82, 2.24) is 0 Å². The highest BCUT2D eigenvalue weighted by atomic mass is 35.5. The van der Waals surface area contributed by atoms with Crippen molar-refractivity contribution < 1.29 is 9.90 Å². The minimum atomic E-state index is -1.03. The van der Waals surface area contributed by atoms with Crippen molar-refractivity contribution in [3.05, 3.63) is 28.8 Å². The number of nitrogens with zero attached hydrogens (tertiary/aromatic N) is 1. The molecule has 0 aromatic heterocycles. The number of likely N-dealkylation sites (N-methyl/N-ethyl adjacent to an activating group) is 1.